The first kappa shape index (κ1) is 30.7. The van der Waals surface area contributed by atoms with Crippen molar-refractivity contribution >= 4 is 38.3 Å². The summed E-state index contributed by atoms with van der Waals surface area (Å²) >= 11 is 0. The topological polar surface area (TPSA) is 188 Å². The van der Waals surface area contributed by atoms with Gasteiger partial charge in [0.05, 0.1) is 12.3 Å². The second-order valence-corrected chi connectivity index (χ2v) is 10.7. The molecule has 1 aliphatic rings. The molecule has 2 N–H and O–H groups in total. The van der Waals surface area contributed by atoms with Crippen LogP contribution in [0.1, 0.15) is 11.1 Å². The molecule has 13 nitrogen and oxygen atoms in total. The predicted octanol–water partition coefficient (Wildman–Crippen LogP) is -3.38. The molecule has 16 heteroatoms. The molecule has 0 radical (unpaired) electrons. The number of nitrogens with one attached hydrogen (secondary N) is 2. The number of amides is 2. The molecule has 3 rings (SSSR count). The van der Waals surface area contributed by atoms with E-state index in [4.69, 9.17) is 9.47 Å². The van der Waals surface area contributed by atoms with E-state index in [0.29, 0.717) is 11.1 Å². The Morgan fingerprint density at radius 1 is 0.946 bits per heavy atom. The number of β-lactam (4-membered cyclic amide) rings is 1. The monoisotopic (exact) mass is 563 g/mol. The number of sulfonamides is 1. The molecule has 37 heavy (non-hydrogen) atoms. The molecule has 1 fully saturated rings. The quantitative estimate of drug-likeness (QED) is 0.121. The SMILES string of the molecule is O=C(NC(CS(=O)(=O)NC1CN(S(=O)(=O)[O-])C1=O)C(=O)OCc1ccccc1)OCc1ccccc1.[Na+]. The number of rotatable bonds is 11. The number of carbonyl (C=O) groups excluding carboxylic acids is 3. The third-order valence-corrected chi connectivity index (χ3v) is 7.17. The first-order valence-electron chi connectivity index (χ1n) is 10.4. The Labute approximate surface area is 235 Å². The van der Waals surface area contributed by atoms with Gasteiger partial charge in [0.2, 0.25) is 10.0 Å². The van der Waals surface area contributed by atoms with E-state index in [1.807, 2.05) is 4.72 Å². The van der Waals surface area contributed by atoms with Crippen LogP contribution in [-0.4, -0.2) is 68.0 Å². The third-order valence-electron chi connectivity index (χ3n) is 4.88. The molecule has 0 aromatic heterocycles. The summed E-state index contributed by atoms with van der Waals surface area (Å²) in [5, 5.41) is 2.14. The van der Waals surface area contributed by atoms with E-state index in [1.54, 1.807) is 60.7 Å². The minimum absolute atomic E-state index is 0. The first-order valence-corrected chi connectivity index (χ1v) is 13.4. The van der Waals surface area contributed by atoms with Gasteiger partial charge in [-0.25, -0.2) is 35.5 Å². The van der Waals surface area contributed by atoms with Crippen molar-refractivity contribution in [3.63, 3.8) is 0 Å². The number of alkyl carbamates (subject to hydrolysis) is 1. The van der Waals surface area contributed by atoms with E-state index in [0.717, 1.165) is 0 Å². The fraction of sp³-hybridized carbons (Fsp3) is 0.286. The average molecular weight is 564 g/mol. The van der Waals surface area contributed by atoms with Gasteiger partial charge in [0.1, 0.15) is 25.3 Å². The molecule has 0 aliphatic carbocycles. The van der Waals surface area contributed by atoms with Crippen molar-refractivity contribution in [1.29, 1.82) is 0 Å². The van der Waals surface area contributed by atoms with Crippen molar-refractivity contribution in [3.05, 3.63) is 71.8 Å². The molecular weight excluding hydrogens is 541 g/mol. The Hall–Kier alpha value is -2.53. The number of esters is 1. The largest absolute Gasteiger partial charge is 1.00 e. The van der Waals surface area contributed by atoms with Crippen molar-refractivity contribution in [1.82, 2.24) is 14.3 Å². The van der Waals surface area contributed by atoms with Gasteiger partial charge in [0, 0.05) is 0 Å². The van der Waals surface area contributed by atoms with Crippen molar-refractivity contribution in [2.75, 3.05) is 12.3 Å². The van der Waals surface area contributed by atoms with Gasteiger partial charge >= 0.3 is 41.6 Å². The standard InChI is InChI=1S/C21H23N3O10S2.Na/c25-19-17(11-24(19)36(30,31)32)23-35(28,29)14-18(20(26)33-12-15-7-3-1-4-8-15)22-21(27)34-13-16-9-5-2-6-10-16;/h1-10,17-18,23H,11-14H2,(H,22,27)(H,30,31,32);/q;+1/p-1. The fourth-order valence-electron chi connectivity index (χ4n) is 3.07. The molecule has 194 valence electrons. The van der Waals surface area contributed by atoms with Gasteiger partial charge in [0.15, 0.2) is 10.3 Å². The van der Waals surface area contributed by atoms with Crippen LogP contribution in [0.25, 0.3) is 0 Å². The van der Waals surface area contributed by atoms with E-state index >= 15 is 0 Å². The Bertz CT molecular complexity index is 1310. The molecule has 0 bridgehead atoms. The Morgan fingerprint density at radius 2 is 1.46 bits per heavy atom. The smallest absolute Gasteiger partial charge is 0.731 e. The van der Waals surface area contributed by atoms with Crippen LogP contribution in [-0.2, 0) is 52.6 Å². The van der Waals surface area contributed by atoms with E-state index in [-0.39, 0.29) is 47.1 Å². The second kappa shape index (κ2) is 13.3. The van der Waals surface area contributed by atoms with Gasteiger partial charge in [-0.1, -0.05) is 60.7 Å². The van der Waals surface area contributed by atoms with E-state index in [2.05, 4.69) is 5.32 Å². The normalized spacial score (nSPS) is 16.1. The second-order valence-electron chi connectivity index (χ2n) is 7.63. The maximum atomic E-state index is 12.6. The molecule has 0 spiro atoms. The molecule has 1 aliphatic heterocycles. The Balaban J connectivity index is 0.00000481. The Morgan fingerprint density at radius 3 is 1.95 bits per heavy atom. The summed E-state index contributed by atoms with van der Waals surface area (Å²) in [7, 11) is -9.52. The molecule has 1 saturated heterocycles. The zero-order valence-electron chi connectivity index (χ0n) is 19.6. The van der Waals surface area contributed by atoms with Gasteiger partial charge < -0.3 is 19.3 Å². The zero-order chi connectivity index (χ0) is 26.3. The summed E-state index contributed by atoms with van der Waals surface area (Å²) in [4.78, 5) is 36.7. The summed E-state index contributed by atoms with van der Waals surface area (Å²) in [6.07, 6.45) is -1.10. The van der Waals surface area contributed by atoms with Gasteiger partial charge in [-0.3, -0.25) is 4.79 Å². The Kier molecular flexibility index (Phi) is 11.0. The summed E-state index contributed by atoms with van der Waals surface area (Å²) in [5.41, 5.74) is 1.25. The molecule has 2 atom stereocenters. The average Bonchev–Trinajstić information content (AvgIpc) is 2.83. The van der Waals surface area contributed by atoms with E-state index in [9.17, 15) is 35.8 Å². The minimum Gasteiger partial charge on any atom is -0.731 e. The molecule has 2 aromatic rings. The summed E-state index contributed by atoms with van der Waals surface area (Å²) in [6.45, 7) is -1.05. The number of hydrogen-bond acceptors (Lipinski definition) is 10. The molecular formula is C21H22N3NaO10S2. The summed E-state index contributed by atoms with van der Waals surface area (Å²) in [6, 6.07) is 13.8. The van der Waals surface area contributed by atoms with Crippen molar-refractivity contribution in [2.45, 2.75) is 25.3 Å². The van der Waals surface area contributed by atoms with Crippen LogP contribution in [0.5, 0.6) is 0 Å². The number of carbonyl (C=O) groups is 3. The molecule has 2 amide bonds. The molecule has 1 heterocycles. The van der Waals surface area contributed by atoms with Gasteiger partial charge in [-0.15, -0.1) is 0 Å². The predicted molar refractivity (Wildman–Crippen MR) is 122 cm³/mol. The van der Waals surface area contributed by atoms with Crippen LogP contribution < -0.4 is 39.6 Å². The molecule has 0 saturated carbocycles. The first-order chi connectivity index (χ1) is 16.9. The van der Waals surface area contributed by atoms with Crippen LogP contribution in [0.15, 0.2) is 60.7 Å². The number of ether oxygens (including phenoxy) is 2. The minimum atomic E-state index is -5.07. The van der Waals surface area contributed by atoms with Crippen molar-refractivity contribution in [2.24, 2.45) is 0 Å². The maximum Gasteiger partial charge on any atom is 1.00 e. The van der Waals surface area contributed by atoms with Crippen LogP contribution in [0.2, 0.25) is 0 Å². The van der Waals surface area contributed by atoms with Gasteiger partial charge in [0.25, 0.3) is 5.91 Å². The summed E-state index contributed by atoms with van der Waals surface area (Å²) < 4.78 is 70.0. The van der Waals surface area contributed by atoms with Crippen LogP contribution in [0, 0.1) is 0 Å². The number of benzene rings is 2. The molecule has 2 aromatic carbocycles. The van der Waals surface area contributed by atoms with Crippen LogP contribution >= 0.6 is 0 Å². The van der Waals surface area contributed by atoms with Gasteiger partial charge in [-0.05, 0) is 11.1 Å². The number of hydrogen-bond donors (Lipinski definition) is 2. The van der Waals surface area contributed by atoms with E-state index < -0.39 is 62.7 Å². The zero-order valence-corrected chi connectivity index (χ0v) is 23.2. The summed E-state index contributed by atoms with van der Waals surface area (Å²) in [5.74, 6) is -3.40. The number of nitrogens with zero attached hydrogens (tertiary/aromatic N) is 1. The van der Waals surface area contributed by atoms with Crippen LogP contribution in [0.3, 0.4) is 0 Å². The van der Waals surface area contributed by atoms with Crippen LogP contribution in [0.4, 0.5) is 4.79 Å². The maximum absolute atomic E-state index is 12.6. The van der Waals surface area contributed by atoms with Gasteiger partial charge in [-0.2, -0.15) is 0 Å². The van der Waals surface area contributed by atoms with E-state index in [1.165, 1.54) is 0 Å². The van der Waals surface area contributed by atoms with Crippen molar-refractivity contribution in [3.8, 4) is 0 Å². The third kappa shape index (κ3) is 9.37. The fourth-order valence-corrected chi connectivity index (χ4v) is 5.12. The molecule has 2 unspecified atom stereocenters. The van der Waals surface area contributed by atoms with Crippen molar-refractivity contribution < 1.29 is 74.8 Å².